The van der Waals surface area contributed by atoms with E-state index in [4.69, 9.17) is 25.2 Å². The van der Waals surface area contributed by atoms with Gasteiger partial charge in [-0.2, -0.15) is 0 Å². The van der Waals surface area contributed by atoms with Crippen molar-refractivity contribution in [1.29, 1.82) is 0 Å². The highest BCUT2D eigenvalue weighted by Gasteiger charge is 2.27. The van der Waals surface area contributed by atoms with Crippen LogP contribution in [0, 0.1) is 0 Å². The molecule has 0 aliphatic heterocycles. The van der Waals surface area contributed by atoms with Crippen molar-refractivity contribution in [3.63, 3.8) is 0 Å². The van der Waals surface area contributed by atoms with Crippen LogP contribution in [0.4, 0.5) is 5.82 Å². The van der Waals surface area contributed by atoms with Crippen LogP contribution in [0.1, 0.15) is 55.8 Å². The molecule has 0 amide bonds. The smallest absolute Gasteiger partial charge is 0.344 e. The van der Waals surface area contributed by atoms with Crippen LogP contribution < -0.4 is 10.5 Å². The number of hydrogen-bond donors (Lipinski definition) is 1. The van der Waals surface area contributed by atoms with Crippen LogP contribution in [-0.4, -0.2) is 34.2 Å². The zero-order valence-corrected chi connectivity index (χ0v) is 19.2. The van der Waals surface area contributed by atoms with Gasteiger partial charge in [0, 0.05) is 0 Å². The van der Waals surface area contributed by atoms with Crippen molar-refractivity contribution in [3.8, 4) is 11.4 Å². The number of methoxy groups -OCH3 is 1. The van der Waals surface area contributed by atoms with Gasteiger partial charge in [-0.3, -0.25) is 4.57 Å². The number of carbonyl (C=O) groups excluding carboxylic acids is 1. The summed E-state index contributed by atoms with van der Waals surface area (Å²) in [6.45, 7) is 2.55. The zero-order valence-electron chi connectivity index (χ0n) is 19.2. The second kappa shape index (κ2) is 10.3. The van der Waals surface area contributed by atoms with Crippen LogP contribution in [0.3, 0.4) is 0 Å². The Hall–Kier alpha value is -3.61. The molecular weight excluding hydrogens is 416 g/mol. The van der Waals surface area contributed by atoms with Gasteiger partial charge in [-0.25, -0.2) is 14.8 Å². The van der Waals surface area contributed by atoms with Gasteiger partial charge in [-0.1, -0.05) is 63.3 Å². The Morgan fingerprint density at radius 1 is 0.939 bits per heavy atom. The Bertz CT molecular complexity index is 1270. The molecule has 0 atom stereocenters. The van der Waals surface area contributed by atoms with E-state index in [0.717, 1.165) is 19.3 Å². The molecule has 7 heteroatoms. The summed E-state index contributed by atoms with van der Waals surface area (Å²) in [4.78, 5) is 22.7. The monoisotopic (exact) mass is 446 g/mol. The normalized spacial score (nSPS) is 11.2. The molecule has 4 aromatic rings. The van der Waals surface area contributed by atoms with Crippen LogP contribution in [0.5, 0.6) is 5.75 Å². The SMILES string of the molecule is CCCCCCCCOC(=O)c1c(N)n(-c2ccccc2OC)c2nc3ccccc3nc12. The van der Waals surface area contributed by atoms with E-state index in [9.17, 15) is 4.79 Å². The summed E-state index contributed by atoms with van der Waals surface area (Å²) in [5.41, 5.74) is 9.78. The van der Waals surface area contributed by atoms with Gasteiger partial charge in [-0.15, -0.1) is 0 Å². The number of ether oxygens (including phenoxy) is 2. The summed E-state index contributed by atoms with van der Waals surface area (Å²) in [7, 11) is 1.59. The van der Waals surface area contributed by atoms with E-state index in [0.29, 0.717) is 40.2 Å². The first-order valence-electron chi connectivity index (χ1n) is 11.5. The molecule has 2 aromatic heterocycles. The molecule has 7 nitrogen and oxygen atoms in total. The van der Waals surface area contributed by atoms with E-state index < -0.39 is 5.97 Å². The minimum absolute atomic E-state index is 0.234. The lowest BCUT2D eigenvalue weighted by molar-refractivity contribution is 0.0501. The number of nitrogens with two attached hydrogens (primary N) is 1. The minimum Gasteiger partial charge on any atom is -0.495 e. The topological polar surface area (TPSA) is 92.3 Å². The summed E-state index contributed by atoms with van der Waals surface area (Å²) in [5.74, 6) is 0.366. The standard InChI is InChI=1S/C26H30N4O3/c1-3-4-5-6-7-12-17-33-26(31)22-23-25(29-19-14-9-8-13-18(19)28-23)30(24(22)27)20-15-10-11-16-21(20)32-2/h8-11,13-16H,3-7,12,17,27H2,1-2H3. The number of esters is 1. The van der Waals surface area contributed by atoms with Crippen molar-refractivity contribution >= 4 is 34.0 Å². The number of carbonyl (C=O) groups is 1. The van der Waals surface area contributed by atoms with Crippen LogP contribution in [0.15, 0.2) is 48.5 Å². The van der Waals surface area contributed by atoms with Gasteiger partial charge in [0.15, 0.2) is 5.65 Å². The lowest BCUT2D eigenvalue weighted by Crippen LogP contribution is -2.10. The quantitative estimate of drug-likeness (QED) is 0.249. The zero-order chi connectivity index (χ0) is 23.2. The highest BCUT2D eigenvalue weighted by Crippen LogP contribution is 2.34. The van der Waals surface area contributed by atoms with Gasteiger partial charge in [0.25, 0.3) is 0 Å². The predicted molar refractivity (Wildman–Crippen MR) is 131 cm³/mol. The number of nitrogen functional groups attached to an aromatic ring is 1. The van der Waals surface area contributed by atoms with Crippen LogP contribution in [0.25, 0.3) is 27.9 Å². The van der Waals surface area contributed by atoms with Crippen molar-refractivity contribution in [2.24, 2.45) is 0 Å². The summed E-state index contributed by atoms with van der Waals surface area (Å²) >= 11 is 0. The van der Waals surface area contributed by atoms with Crippen molar-refractivity contribution in [1.82, 2.24) is 14.5 Å². The average molecular weight is 447 g/mol. The van der Waals surface area contributed by atoms with E-state index >= 15 is 0 Å². The minimum atomic E-state index is -0.482. The molecule has 33 heavy (non-hydrogen) atoms. The Morgan fingerprint density at radius 2 is 1.61 bits per heavy atom. The van der Waals surface area contributed by atoms with E-state index in [1.807, 2.05) is 48.5 Å². The number of nitrogens with zero attached hydrogens (tertiary/aromatic N) is 3. The Kier molecular flexibility index (Phi) is 7.07. The molecule has 0 fully saturated rings. The molecular formula is C26H30N4O3. The largest absolute Gasteiger partial charge is 0.495 e. The van der Waals surface area contributed by atoms with E-state index in [1.165, 1.54) is 19.3 Å². The number of aromatic nitrogens is 3. The first kappa shape index (κ1) is 22.6. The third kappa shape index (κ3) is 4.62. The fraction of sp³-hybridized carbons (Fsp3) is 0.346. The molecule has 2 N–H and O–H groups in total. The van der Waals surface area contributed by atoms with Gasteiger partial charge < -0.3 is 15.2 Å². The molecule has 0 bridgehead atoms. The number of unbranched alkanes of at least 4 members (excludes halogenated alkanes) is 5. The maximum absolute atomic E-state index is 13.1. The summed E-state index contributed by atoms with van der Waals surface area (Å²) in [6, 6.07) is 15.0. The van der Waals surface area contributed by atoms with Crippen molar-refractivity contribution in [2.45, 2.75) is 45.4 Å². The van der Waals surface area contributed by atoms with Gasteiger partial charge in [-0.05, 0) is 30.7 Å². The predicted octanol–water partition coefficient (Wildman–Crippen LogP) is 5.68. The van der Waals surface area contributed by atoms with Crippen molar-refractivity contribution in [3.05, 3.63) is 54.1 Å². The van der Waals surface area contributed by atoms with Gasteiger partial charge in [0.2, 0.25) is 0 Å². The highest BCUT2D eigenvalue weighted by atomic mass is 16.5. The molecule has 0 spiro atoms. The lowest BCUT2D eigenvalue weighted by atomic mass is 10.1. The van der Waals surface area contributed by atoms with Gasteiger partial charge in [0.05, 0.1) is 30.4 Å². The molecule has 0 radical (unpaired) electrons. The van der Waals surface area contributed by atoms with Gasteiger partial charge >= 0.3 is 5.97 Å². The van der Waals surface area contributed by atoms with Crippen molar-refractivity contribution in [2.75, 3.05) is 19.5 Å². The molecule has 2 heterocycles. The molecule has 2 aromatic carbocycles. The Labute approximate surface area is 193 Å². The number of rotatable bonds is 10. The van der Waals surface area contributed by atoms with Crippen molar-refractivity contribution < 1.29 is 14.3 Å². The summed E-state index contributed by atoms with van der Waals surface area (Å²) < 4.78 is 12.9. The maximum atomic E-state index is 13.1. The number of fused-ring (bicyclic) bond motifs is 2. The molecule has 0 unspecified atom stereocenters. The fourth-order valence-corrected chi connectivity index (χ4v) is 4.04. The Balaban J connectivity index is 1.72. The third-order valence-electron chi connectivity index (χ3n) is 5.76. The first-order chi connectivity index (χ1) is 16.2. The lowest BCUT2D eigenvalue weighted by Gasteiger charge is -2.12. The molecule has 172 valence electrons. The molecule has 4 rings (SSSR count). The second-order valence-electron chi connectivity index (χ2n) is 8.06. The Morgan fingerprint density at radius 3 is 2.36 bits per heavy atom. The fourth-order valence-electron chi connectivity index (χ4n) is 4.04. The van der Waals surface area contributed by atoms with Crippen LogP contribution in [-0.2, 0) is 4.74 Å². The number of para-hydroxylation sites is 4. The summed E-state index contributed by atoms with van der Waals surface area (Å²) in [5, 5.41) is 0. The van der Waals surface area contributed by atoms with E-state index in [2.05, 4.69) is 6.92 Å². The number of hydrogen-bond acceptors (Lipinski definition) is 6. The van der Waals surface area contributed by atoms with Crippen LogP contribution in [0.2, 0.25) is 0 Å². The third-order valence-corrected chi connectivity index (χ3v) is 5.76. The molecule has 0 aliphatic rings. The first-order valence-corrected chi connectivity index (χ1v) is 11.5. The van der Waals surface area contributed by atoms with Gasteiger partial charge in [0.1, 0.15) is 22.6 Å². The molecule has 0 saturated carbocycles. The molecule has 0 aliphatic carbocycles. The van der Waals surface area contributed by atoms with E-state index in [1.54, 1.807) is 11.7 Å². The van der Waals surface area contributed by atoms with Crippen LogP contribution >= 0.6 is 0 Å². The number of anilines is 1. The maximum Gasteiger partial charge on any atom is 0.344 e. The summed E-state index contributed by atoms with van der Waals surface area (Å²) in [6.07, 6.45) is 6.68. The average Bonchev–Trinajstić information content (AvgIpc) is 3.12. The second-order valence-corrected chi connectivity index (χ2v) is 8.06. The number of benzene rings is 2. The van der Waals surface area contributed by atoms with E-state index in [-0.39, 0.29) is 11.4 Å². The highest BCUT2D eigenvalue weighted by molar-refractivity contribution is 6.09. The molecule has 0 saturated heterocycles.